The predicted octanol–water partition coefficient (Wildman–Crippen LogP) is 1.01. The summed E-state index contributed by atoms with van der Waals surface area (Å²) >= 11 is 0. The van der Waals surface area contributed by atoms with Crippen molar-refractivity contribution >= 4 is 22.5 Å². The molecule has 2 N–H and O–H groups in total. The first-order valence-corrected chi connectivity index (χ1v) is 6.11. The lowest BCUT2D eigenvalue weighted by Gasteiger charge is -2.02. The number of para-hydroxylation sites is 2. The Balaban J connectivity index is 1.56. The van der Waals surface area contributed by atoms with Crippen LogP contribution in [0.15, 0.2) is 36.4 Å². The normalized spacial score (nSPS) is 11.2. The van der Waals surface area contributed by atoms with Gasteiger partial charge in [-0.25, -0.2) is 4.98 Å². The van der Waals surface area contributed by atoms with Crippen LogP contribution in [-0.4, -0.2) is 35.2 Å². The molecule has 0 aliphatic carbocycles. The fourth-order valence-electron chi connectivity index (χ4n) is 2.01. The van der Waals surface area contributed by atoms with E-state index in [1.165, 1.54) is 4.63 Å². The quantitative estimate of drug-likeness (QED) is 0.574. The molecule has 20 heavy (non-hydrogen) atoms. The zero-order chi connectivity index (χ0) is 13.4. The van der Waals surface area contributed by atoms with Gasteiger partial charge < -0.3 is 10.3 Å². The van der Waals surface area contributed by atoms with Crippen LogP contribution in [0.25, 0.3) is 16.7 Å². The highest BCUT2D eigenvalue weighted by atomic mass is 15.6. The SMILES string of the molecule is c1ccc2[nH]c(CNc3ccc4nnnn4n3)nc2c1. The first-order valence-electron chi connectivity index (χ1n) is 6.11. The molecule has 0 bridgehead atoms. The molecule has 0 aliphatic heterocycles. The number of nitrogens with one attached hydrogen (secondary N) is 2. The summed E-state index contributed by atoms with van der Waals surface area (Å²) in [5.41, 5.74) is 2.58. The van der Waals surface area contributed by atoms with Gasteiger partial charge >= 0.3 is 0 Å². The molecule has 0 aliphatic rings. The highest BCUT2D eigenvalue weighted by Crippen LogP contribution is 2.11. The van der Waals surface area contributed by atoms with E-state index in [2.05, 4.69) is 35.9 Å². The summed E-state index contributed by atoms with van der Waals surface area (Å²) in [5, 5.41) is 18.5. The van der Waals surface area contributed by atoms with Gasteiger partial charge in [-0.05, 0) is 34.7 Å². The van der Waals surface area contributed by atoms with Gasteiger partial charge in [0, 0.05) is 0 Å². The first-order chi connectivity index (χ1) is 9.88. The van der Waals surface area contributed by atoms with Gasteiger partial charge in [-0.15, -0.1) is 14.8 Å². The molecule has 0 unspecified atom stereocenters. The fraction of sp³-hybridized carbons (Fsp3) is 0.0833. The molecule has 0 saturated carbocycles. The van der Waals surface area contributed by atoms with Crippen LogP contribution < -0.4 is 5.32 Å². The average Bonchev–Trinajstić information content (AvgIpc) is 3.10. The lowest BCUT2D eigenvalue weighted by Crippen LogP contribution is -2.05. The number of benzene rings is 1. The van der Waals surface area contributed by atoms with Crippen molar-refractivity contribution in [2.24, 2.45) is 0 Å². The van der Waals surface area contributed by atoms with Crippen LogP contribution in [0.3, 0.4) is 0 Å². The highest BCUT2D eigenvalue weighted by molar-refractivity contribution is 5.74. The minimum atomic E-state index is 0.551. The molecule has 8 heteroatoms. The fourth-order valence-corrected chi connectivity index (χ4v) is 2.01. The molecule has 4 aromatic rings. The first kappa shape index (κ1) is 10.9. The maximum absolute atomic E-state index is 4.49. The number of rotatable bonds is 3. The number of H-pyrrole nitrogens is 1. The van der Waals surface area contributed by atoms with Crippen molar-refractivity contribution in [1.29, 1.82) is 0 Å². The van der Waals surface area contributed by atoms with Gasteiger partial charge in [-0.1, -0.05) is 12.1 Å². The maximum Gasteiger partial charge on any atom is 0.200 e. The molecule has 98 valence electrons. The summed E-state index contributed by atoms with van der Waals surface area (Å²) in [6, 6.07) is 11.5. The molecular weight excluding hydrogens is 256 g/mol. The van der Waals surface area contributed by atoms with E-state index in [0.717, 1.165) is 16.9 Å². The molecule has 3 heterocycles. The van der Waals surface area contributed by atoms with Crippen molar-refractivity contribution in [1.82, 2.24) is 35.2 Å². The van der Waals surface area contributed by atoms with E-state index in [1.807, 2.05) is 30.3 Å². The van der Waals surface area contributed by atoms with Crippen molar-refractivity contribution in [3.63, 3.8) is 0 Å². The number of hydrogen-bond donors (Lipinski definition) is 2. The number of aromatic nitrogens is 7. The molecule has 0 atom stereocenters. The van der Waals surface area contributed by atoms with Crippen molar-refractivity contribution in [2.45, 2.75) is 6.54 Å². The number of imidazole rings is 1. The highest BCUT2D eigenvalue weighted by Gasteiger charge is 2.03. The molecule has 0 fully saturated rings. The van der Waals surface area contributed by atoms with E-state index in [-0.39, 0.29) is 0 Å². The van der Waals surface area contributed by atoms with E-state index < -0.39 is 0 Å². The van der Waals surface area contributed by atoms with Crippen LogP contribution in [0.5, 0.6) is 0 Å². The Hall–Kier alpha value is -3.03. The number of aromatic amines is 1. The van der Waals surface area contributed by atoms with E-state index in [1.54, 1.807) is 6.07 Å². The molecule has 8 nitrogen and oxygen atoms in total. The van der Waals surface area contributed by atoms with Crippen LogP contribution in [0, 0.1) is 0 Å². The molecule has 0 amide bonds. The van der Waals surface area contributed by atoms with Gasteiger partial charge in [0.1, 0.15) is 11.6 Å². The molecule has 0 saturated heterocycles. The Labute approximate surface area is 112 Å². The number of hydrogen-bond acceptors (Lipinski definition) is 6. The van der Waals surface area contributed by atoms with Crippen molar-refractivity contribution in [3.05, 3.63) is 42.2 Å². The minimum absolute atomic E-state index is 0.551. The van der Waals surface area contributed by atoms with Crippen LogP contribution >= 0.6 is 0 Å². The third-order valence-corrected chi connectivity index (χ3v) is 2.94. The summed E-state index contributed by atoms with van der Waals surface area (Å²) in [7, 11) is 0. The summed E-state index contributed by atoms with van der Waals surface area (Å²) in [6.07, 6.45) is 0. The lowest BCUT2D eigenvalue weighted by atomic mass is 10.3. The van der Waals surface area contributed by atoms with E-state index >= 15 is 0 Å². The number of anilines is 1. The van der Waals surface area contributed by atoms with E-state index in [0.29, 0.717) is 18.0 Å². The van der Waals surface area contributed by atoms with Gasteiger partial charge in [-0.3, -0.25) is 0 Å². The Morgan fingerprint density at radius 3 is 3.05 bits per heavy atom. The summed E-state index contributed by atoms with van der Waals surface area (Å²) in [6.45, 7) is 0.551. The summed E-state index contributed by atoms with van der Waals surface area (Å²) in [4.78, 5) is 7.74. The monoisotopic (exact) mass is 266 g/mol. The van der Waals surface area contributed by atoms with E-state index in [4.69, 9.17) is 0 Å². The second kappa shape index (κ2) is 4.26. The largest absolute Gasteiger partial charge is 0.361 e. The molecular formula is C12H10N8. The molecule has 4 rings (SSSR count). The van der Waals surface area contributed by atoms with Crippen molar-refractivity contribution < 1.29 is 0 Å². The molecule has 0 radical (unpaired) electrons. The van der Waals surface area contributed by atoms with Gasteiger partial charge in [0.05, 0.1) is 17.6 Å². The van der Waals surface area contributed by atoms with Gasteiger partial charge in [0.2, 0.25) is 0 Å². The molecule has 0 spiro atoms. The van der Waals surface area contributed by atoms with Crippen LogP contribution in [0.4, 0.5) is 5.82 Å². The Morgan fingerprint density at radius 1 is 1.15 bits per heavy atom. The maximum atomic E-state index is 4.49. The summed E-state index contributed by atoms with van der Waals surface area (Å²) in [5.74, 6) is 1.54. The smallest absolute Gasteiger partial charge is 0.200 e. The van der Waals surface area contributed by atoms with Gasteiger partial charge in [-0.2, -0.15) is 0 Å². The number of tetrazole rings is 1. The second-order valence-corrected chi connectivity index (χ2v) is 4.30. The third kappa shape index (κ3) is 1.83. The van der Waals surface area contributed by atoms with Crippen LogP contribution in [0.2, 0.25) is 0 Å². The minimum Gasteiger partial charge on any atom is -0.361 e. The van der Waals surface area contributed by atoms with Crippen molar-refractivity contribution in [2.75, 3.05) is 5.32 Å². The standard InChI is InChI=1S/C12H10N8/c1-2-4-9-8(3-1)14-11(15-9)7-13-10-5-6-12-16-18-19-20(12)17-10/h1-6H,7H2,(H,13,17)(H,14,15). The van der Waals surface area contributed by atoms with Gasteiger partial charge in [0.15, 0.2) is 5.65 Å². The summed E-state index contributed by atoms with van der Waals surface area (Å²) < 4.78 is 1.38. The van der Waals surface area contributed by atoms with Crippen LogP contribution in [0.1, 0.15) is 5.82 Å². The number of nitrogens with zero attached hydrogens (tertiary/aromatic N) is 6. The predicted molar refractivity (Wildman–Crippen MR) is 72.0 cm³/mol. The van der Waals surface area contributed by atoms with Gasteiger partial charge in [0.25, 0.3) is 0 Å². The molecule has 1 aromatic carbocycles. The Kier molecular flexibility index (Phi) is 2.31. The zero-order valence-electron chi connectivity index (χ0n) is 10.4. The second-order valence-electron chi connectivity index (χ2n) is 4.30. The number of fused-ring (bicyclic) bond motifs is 2. The Morgan fingerprint density at radius 2 is 2.10 bits per heavy atom. The lowest BCUT2D eigenvalue weighted by molar-refractivity contribution is 0.733. The van der Waals surface area contributed by atoms with E-state index in [9.17, 15) is 0 Å². The average molecular weight is 266 g/mol. The van der Waals surface area contributed by atoms with Crippen LogP contribution in [-0.2, 0) is 6.54 Å². The Bertz CT molecular complexity index is 842. The third-order valence-electron chi connectivity index (χ3n) is 2.94. The molecule has 3 aromatic heterocycles. The topological polar surface area (TPSA) is 96.7 Å². The van der Waals surface area contributed by atoms with Crippen molar-refractivity contribution in [3.8, 4) is 0 Å². The zero-order valence-corrected chi connectivity index (χ0v) is 10.4.